The summed E-state index contributed by atoms with van der Waals surface area (Å²) in [6, 6.07) is 10.3. The normalized spacial score (nSPS) is 11.9. The summed E-state index contributed by atoms with van der Waals surface area (Å²) in [4.78, 5) is 11.6. The zero-order valence-electron chi connectivity index (χ0n) is 10.2. The van der Waals surface area contributed by atoms with E-state index < -0.39 is 17.8 Å². The van der Waals surface area contributed by atoms with Gasteiger partial charge in [0.2, 0.25) is 5.91 Å². The van der Waals surface area contributed by atoms with Crippen molar-refractivity contribution in [3.05, 3.63) is 63.3 Å². The number of hydrogen-bond donors (Lipinski definition) is 2. The molecule has 0 aliphatic heterocycles. The Balaban J connectivity index is 2.31. The van der Waals surface area contributed by atoms with Gasteiger partial charge in [0.1, 0.15) is 11.9 Å². The lowest BCUT2D eigenvalue weighted by molar-refractivity contribution is -0.118. The number of nitrogens with two attached hydrogens (primary N) is 1. The van der Waals surface area contributed by atoms with E-state index in [9.17, 15) is 9.18 Å². The van der Waals surface area contributed by atoms with Crippen LogP contribution < -0.4 is 11.1 Å². The van der Waals surface area contributed by atoms with Crippen molar-refractivity contribution >= 4 is 39.1 Å². The van der Waals surface area contributed by atoms with Gasteiger partial charge in [0.05, 0.1) is 0 Å². The van der Waals surface area contributed by atoms with Crippen LogP contribution in [0.1, 0.15) is 11.6 Å². The zero-order chi connectivity index (χ0) is 14.7. The first-order valence-electron chi connectivity index (χ1n) is 5.74. The lowest BCUT2D eigenvalue weighted by atomic mass is 10.1. The summed E-state index contributed by atoms with van der Waals surface area (Å²) in [6.45, 7) is 0. The van der Waals surface area contributed by atoms with Gasteiger partial charge in [-0.05, 0) is 36.4 Å². The summed E-state index contributed by atoms with van der Waals surface area (Å²) in [5, 5.41) is 3.17. The number of halogens is 3. The molecule has 20 heavy (non-hydrogen) atoms. The van der Waals surface area contributed by atoms with E-state index in [1.807, 2.05) is 0 Å². The second-order valence-electron chi connectivity index (χ2n) is 4.15. The van der Waals surface area contributed by atoms with Crippen LogP contribution in [0.25, 0.3) is 0 Å². The Morgan fingerprint density at radius 3 is 2.45 bits per heavy atom. The highest BCUT2D eigenvalue weighted by atomic mass is 79.9. The molecule has 0 radical (unpaired) electrons. The van der Waals surface area contributed by atoms with Gasteiger partial charge in [-0.25, -0.2) is 4.39 Å². The monoisotopic (exact) mass is 356 g/mol. The van der Waals surface area contributed by atoms with E-state index in [1.165, 1.54) is 12.1 Å². The number of rotatable bonds is 4. The van der Waals surface area contributed by atoms with Crippen molar-refractivity contribution in [3.8, 4) is 0 Å². The quantitative estimate of drug-likeness (QED) is 0.872. The molecular weight excluding hydrogens is 347 g/mol. The van der Waals surface area contributed by atoms with Crippen molar-refractivity contribution in [3.63, 3.8) is 0 Å². The van der Waals surface area contributed by atoms with Crippen LogP contribution in [0, 0.1) is 5.82 Å². The Bertz CT molecular complexity index is 634. The lowest BCUT2D eigenvalue weighted by Crippen LogP contribution is -2.28. The van der Waals surface area contributed by atoms with Crippen LogP contribution in [0.15, 0.2) is 46.9 Å². The minimum absolute atomic E-state index is 0.157. The first-order chi connectivity index (χ1) is 9.47. The second-order valence-corrected chi connectivity index (χ2v) is 5.50. The van der Waals surface area contributed by atoms with Gasteiger partial charge in [0.15, 0.2) is 0 Å². The van der Waals surface area contributed by atoms with Gasteiger partial charge in [-0.2, -0.15) is 0 Å². The van der Waals surface area contributed by atoms with Crippen molar-refractivity contribution in [2.75, 3.05) is 5.32 Å². The van der Waals surface area contributed by atoms with Gasteiger partial charge in [-0.1, -0.05) is 33.6 Å². The maximum atomic E-state index is 13.9. The van der Waals surface area contributed by atoms with Crippen molar-refractivity contribution in [1.29, 1.82) is 0 Å². The molecule has 0 aliphatic rings. The summed E-state index contributed by atoms with van der Waals surface area (Å²) < 4.78 is 14.8. The van der Waals surface area contributed by atoms with Gasteiger partial charge >= 0.3 is 0 Å². The summed E-state index contributed by atoms with van der Waals surface area (Å²) in [5.74, 6) is -1.25. The second kappa shape index (κ2) is 6.24. The Hall–Kier alpha value is -1.59. The Labute approximate surface area is 129 Å². The minimum atomic E-state index is -0.964. The molecule has 0 aromatic heterocycles. The Morgan fingerprint density at radius 1 is 1.25 bits per heavy atom. The number of carbonyl (C=O) groups is 1. The van der Waals surface area contributed by atoms with Crippen LogP contribution in [-0.4, -0.2) is 5.91 Å². The average Bonchev–Trinajstić information content (AvgIpc) is 2.39. The number of primary amides is 1. The highest BCUT2D eigenvalue weighted by Gasteiger charge is 2.21. The molecule has 1 atom stereocenters. The molecule has 0 spiro atoms. The third-order valence-electron chi connectivity index (χ3n) is 2.71. The molecule has 2 aromatic carbocycles. The van der Waals surface area contributed by atoms with Gasteiger partial charge in [-0.3, -0.25) is 4.79 Å². The van der Waals surface area contributed by atoms with E-state index in [1.54, 1.807) is 24.3 Å². The molecule has 0 aliphatic carbocycles. The Kier molecular flexibility index (Phi) is 4.62. The van der Waals surface area contributed by atoms with Crippen LogP contribution in [0.4, 0.5) is 10.1 Å². The molecule has 0 fully saturated rings. The van der Waals surface area contributed by atoms with Crippen molar-refractivity contribution in [2.24, 2.45) is 5.73 Å². The van der Waals surface area contributed by atoms with Gasteiger partial charge in [0.25, 0.3) is 0 Å². The molecule has 2 rings (SSSR count). The molecule has 3 N–H and O–H groups in total. The number of amides is 1. The highest BCUT2D eigenvalue weighted by molar-refractivity contribution is 9.10. The third kappa shape index (κ3) is 3.49. The summed E-state index contributed by atoms with van der Waals surface area (Å²) in [7, 11) is 0. The maximum absolute atomic E-state index is 13.9. The Morgan fingerprint density at radius 2 is 1.90 bits per heavy atom. The standard InChI is InChI=1S/C14H11BrClFN2O/c15-8-1-4-10(5-2-8)19-13(14(18)20)11-6-3-9(16)7-12(11)17/h1-7,13,19H,(H2,18,20). The SMILES string of the molecule is NC(=O)C(Nc1ccc(Br)cc1)c1ccc(Cl)cc1F. The first-order valence-corrected chi connectivity index (χ1v) is 6.91. The number of nitrogens with one attached hydrogen (secondary N) is 1. The van der Waals surface area contributed by atoms with E-state index in [2.05, 4.69) is 21.2 Å². The topological polar surface area (TPSA) is 55.1 Å². The van der Waals surface area contributed by atoms with Crippen LogP contribution in [0.3, 0.4) is 0 Å². The average molecular weight is 358 g/mol. The number of hydrogen-bond acceptors (Lipinski definition) is 2. The van der Waals surface area contributed by atoms with E-state index in [4.69, 9.17) is 17.3 Å². The molecule has 2 aromatic rings. The summed E-state index contributed by atoms with van der Waals surface area (Å²) in [5.41, 5.74) is 6.16. The molecule has 6 heteroatoms. The van der Waals surface area contributed by atoms with Crippen molar-refractivity contribution in [1.82, 2.24) is 0 Å². The predicted molar refractivity (Wildman–Crippen MR) is 81.1 cm³/mol. The van der Waals surface area contributed by atoms with E-state index in [0.717, 1.165) is 10.5 Å². The number of benzene rings is 2. The van der Waals surface area contributed by atoms with Crippen LogP contribution in [-0.2, 0) is 4.79 Å². The molecule has 0 saturated heterocycles. The lowest BCUT2D eigenvalue weighted by Gasteiger charge is -2.18. The van der Waals surface area contributed by atoms with Gasteiger partial charge < -0.3 is 11.1 Å². The van der Waals surface area contributed by atoms with Gasteiger partial charge in [0, 0.05) is 20.7 Å². The van der Waals surface area contributed by atoms with Crippen LogP contribution in [0.2, 0.25) is 5.02 Å². The first kappa shape index (κ1) is 14.8. The minimum Gasteiger partial charge on any atom is -0.370 e. The molecule has 1 amide bonds. The van der Waals surface area contributed by atoms with Crippen molar-refractivity contribution < 1.29 is 9.18 Å². The number of anilines is 1. The van der Waals surface area contributed by atoms with Gasteiger partial charge in [-0.15, -0.1) is 0 Å². The largest absolute Gasteiger partial charge is 0.370 e. The molecule has 3 nitrogen and oxygen atoms in total. The molecular formula is C14H11BrClFN2O. The summed E-state index contributed by atoms with van der Waals surface area (Å²) in [6.07, 6.45) is 0. The fourth-order valence-corrected chi connectivity index (χ4v) is 2.17. The van der Waals surface area contributed by atoms with Crippen molar-refractivity contribution in [2.45, 2.75) is 6.04 Å². The third-order valence-corrected chi connectivity index (χ3v) is 3.48. The molecule has 0 bridgehead atoms. The molecule has 1 unspecified atom stereocenters. The molecule has 0 heterocycles. The van der Waals surface area contributed by atoms with Crippen LogP contribution >= 0.6 is 27.5 Å². The fourth-order valence-electron chi connectivity index (χ4n) is 1.75. The zero-order valence-corrected chi connectivity index (χ0v) is 12.6. The van der Waals surface area contributed by atoms with E-state index >= 15 is 0 Å². The highest BCUT2D eigenvalue weighted by Crippen LogP contribution is 2.25. The van der Waals surface area contributed by atoms with Crippen LogP contribution in [0.5, 0.6) is 0 Å². The van der Waals surface area contributed by atoms with E-state index in [0.29, 0.717) is 5.69 Å². The maximum Gasteiger partial charge on any atom is 0.244 e. The summed E-state index contributed by atoms with van der Waals surface area (Å²) >= 11 is 9.01. The molecule has 104 valence electrons. The van der Waals surface area contributed by atoms with E-state index in [-0.39, 0.29) is 10.6 Å². The fraction of sp³-hybridized carbons (Fsp3) is 0.0714. The predicted octanol–water partition coefficient (Wildman–Crippen LogP) is 3.88. The smallest absolute Gasteiger partial charge is 0.244 e. The molecule has 0 saturated carbocycles. The number of carbonyl (C=O) groups excluding carboxylic acids is 1.